The highest BCUT2D eigenvalue weighted by atomic mass is 28.3. The van der Waals surface area contributed by atoms with Crippen molar-refractivity contribution in [3.63, 3.8) is 0 Å². The third-order valence-electron chi connectivity index (χ3n) is 5.62. The fraction of sp³-hybridized carbons (Fsp3) is 0.423. The molecule has 1 aromatic heterocycles. The van der Waals surface area contributed by atoms with Crippen molar-refractivity contribution in [1.82, 2.24) is 9.88 Å². The van der Waals surface area contributed by atoms with Crippen LogP contribution in [-0.2, 0) is 11.2 Å². The van der Waals surface area contributed by atoms with Crippen LogP contribution in [0.4, 0.5) is 10.2 Å². The average molecular weight is 482 g/mol. The lowest BCUT2D eigenvalue weighted by atomic mass is 9.90. The Morgan fingerprint density at radius 3 is 2.41 bits per heavy atom. The van der Waals surface area contributed by atoms with Gasteiger partial charge >= 0.3 is 0 Å². The molecule has 2 amide bonds. The Labute approximate surface area is 201 Å². The molecule has 8 heteroatoms. The second-order valence-corrected chi connectivity index (χ2v) is 14.4. The first-order chi connectivity index (χ1) is 16.1. The second-order valence-electron chi connectivity index (χ2n) is 9.69. The number of pyridine rings is 1. The largest absolute Gasteiger partial charge is 0.480 e. The van der Waals surface area contributed by atoms with Crippen LogP contribution in [0.2, 0.25) is 19.6 Å². The molecule has 180 valence electrons. The van der Waals surface area contributed by atoms with Crippen LogP contribution >= 0.6 is 0 Å². The summed E-state index contributed by atoms with van der Waals surface area (Å²) in [6.45, 7) is 9.01. The van der Waals surface area contributed by atoms with Crippen molar-refractivity contribution in [3.8, 4) is 17.3 Å². The van der Waals surface area contributed by atoms with E-state index in [1.807, 2.05) is 17.0 Å². The number of piperidine rings is 1. The van der Waals surface area contributed by atoms with Crippen LogP contribution in [0.1, 0.15) is 41.3 Å². The summed E-state index contributed by atoms with van der Waals surface area (Å²) in [5.74, 6) is 3.37. The van der Waals surface area contributed by atoms with Gasteiger partial charge in [0.25, 0.3) is 5.91 Å². The number of hydrogen-bond donors (Lipinski definition) is 1. The van der Waals surface area contributed by atoms with Crippen LogP contribution in [0, 0.1) is 23.2 Å². The minimum absolute atomic E-state index is 0.157. The van der Waals surface area contributed by atoms with E-state index in [1.165, 1.54) is 26.2 Å². The molecule has 1 N–H and O–H groups in total. The molecule has 1 saturated heterocycles. The molecule has 2 aromatic rings. The van der Waals surface area contributed by atoms with Crippen molar-refractivity contribution in [2.75, 3.05) is 25.5 Å². The van der Waals surface area contributed by atoms with Crippen LogP contribution in [0.3, 0.4) is 0 Å². The summed E-state index contributed by atoms with van der Waals surface area (Å²) < 4.78 is 18.6. The fourth-order valence-electron chi connectivity index (χ4n) is 3.88. The van der Waals surface area contributed by atoms with Gasteiger partial charge in [-0.15, -0.1) is 5.54 Å². The number of ether oxygens (including phenoxy) is 1. The van der Waals surface area contributed by atoms with Crippen molar-refractivity contribution >= 4 is 25.7 Å². The summed E-state index contributed by atoms with van der Waals surface area (Å²) in [6.07, 6.45) is 2.60. The first kappa shape index (κ1) is 25.4. The van der Waals surface area contributed by atoms with Crippen LogP contribution in [0.5, 0.6) is 5.88 Å². The monoisotopic (exact) mass is 481 g/mol. The number of aromatic nitrogens is 1. The molecule has 3 rings (SSSR count). The molecule has 0 bridgehead atoms. The van der Waals surface area contributed by atoms with Gasteiger partial charge in [0.2, 0.25) is 11.8 Å². The zero-order valence-corrected chi connectivity index (χ0v) is 21.5. The normalized spacial score (nSPS) is 14.2. The molecule has 0 aliphatic carbocycles. The molecule has 0 saturated carbocycles. The van der Waals surface area contributed by atoms with E-state index in [0.717, 1.165) is 24.8 Å². The smallest absolute Gasteiger partial charge is 0.259 e. The standard InChI is InChI=1S/C26H32FN3O3Si/c1-18(31)28-24-21(12-15-34(3,4)5)17-23(25(29-24)33-2)26(32)30-13-10-20(11-14-30)16-19-6-8-22(27)9-7-19/h6-9,17,20H,10-11,13-14,16H2,1-5H3,(H,28,29,31). The third-order valence-corrected chi connectivity index (χ3v) is 6.49. The third kappa shape index (κ3) is 6.91. The van der Waals surface area contributed by atoms with Crippen molar-refractivity contribution in [1.29, 1.82) is 0 Å². The number of hydrogen-bond acceptors (Lipinski definition) is 4. The lowest BCUT2D eigenvalue weighted by molar-refractivity contribution is -0.114. The molecule has 34 heavy (non-hydrogen) atoms. The van der Waals surface area contributed by atoms with Gasteiger partial charge in [0, 0.05) is 20.0 Å². The molecule has 0 atom stereocenters. The van der Waals surface area contributed by atoms with Gasteiger partial charge in [0.15, 0.2) is 5.82 Å². The van der Waals surface area contributed by atoms with Gasteiger partial charge < -0.3 is 15.0 Å². The van der Waals surface area contributed by atoms with E-state index in [-0.39, 0.29) is 23.5 Å². The molecule has 0 unspecified atom stereocenters. The molecule has 1 aliphatic heterocycles. The topological polar surface area (TPSA) is 71.5 Å². The number of carbonyl (C=O) groups is 2. The molecule has 1 aliphatic rings. The quantitative estimate of drug-likeness (QED) is 0.504. The highest BCUT2D eigenvalue weighted by Gasteiger charge is 2.27. The van der Waals surface area contributed by atoms with E-state index in [2.05, 4.69) is 41.4 Å². The summed E-state index contributed by atoms with van der Waals surface area (Å²) in [4.78, 5) is 31.3. The fourth-order valence-corrected chi connectivity index (χ4v) is 4.39. The predicted molar refractivity (Wildman–Crippen MR) is 134 cm³/mol. The van der Waals surface area contributed by atoms with Crippen LogP contribution < -0.4 is 10.1 Å². The molecule has 1 aromatic carbocycles. The maximum Gasteiger partial charge on any atom is 0.259 e. The average Bonchev–Trinajstić information content (AvgIpc) is 2.78. The van der Waals surface area contributed by atoms with Gasteiger partial charge in [-0.05, 0) is 48.9 Å². The number of likely N-dealkylation sites (tertiary alicyclic amines) is 1. The van der Waals surface area contributed by atoms with E-state index in [9.17, 15) is 14.0 Å². The highest BCUT2D eigenvalue weighted by molar-refractivity contribution is 6.83. The molecule has 2 heterocycles. The Bertz CT molecular complexity index is 1110. The number of methoxy groups -OCH3 is 1. The highest BCUT2D eigenvalue weighted by Crippen LogP contribution is 2.28. The summed E-state index contributed by atoms with van der Waals surface area (Å²) in [5, 5.41) is 2.70. The summed E-state index contributed by atoms with van der Waals surface area (Å²) in [7, 11) is -0.236. The zero-order chi connectivity index (χ0) is 24.9. The van der Waals surface area contributed by atoms with Crippen molar-refractivity contribution in [2.24, 2.45) is 5.92 Å². The number of anilines is 1. The van der Waals surface area contributed by atoms with Crippen LogP contribution in [0.25, 0.3) is 0 Å². The summed E-state index contributed by atoms with van der Waals surface area (Å²) >= 11 is 0. The molecular formula is C26H32FN3O3Si. The van der Waals surface area contributed by atoms with E-state index >= 15 is 0 Å². The molecular weight excluding hydrogens is 449 g/mol. The second kappa shape index (κ2) is 10.8. The number of carbonyl (C=O) groups excluding carboxylic acids is 2. The zero-order valence-electron chi connectivity index (χ0n) is 20.5. The van der Waals surface area contributed by atoms with Gasteiger partial charge in [-0.1, -0.05) is 37.7 Å². The number of rotatable bonds is 5. The van der Waals surface area contributed by atoms with Gasteiger partial charge in [-0.2, -0.15) is 4.98 Å². The maximum absolute atomic E-state index is 13.4. The van der Waals surface area contributed by atoms with Crippen LogP contribution in [0.15, 0.2) is 30.3 Å². The molecule has 0 radical (unpaired) electrons. The Kier molecular flexibility index (Phi) is 8.10. The Morgan fingerprint density at radius 1 is 1.21 bits per heavy atom. The van der Waals surface area contributed by atoms with E-state index in [0.29, 0.717) is 36.0 Å². The van der Waals surface area contributed by atoms with Crippen molar-refractivity contribution < 1.29 is 18.7 Å². The number of halogens is 1. The Hall–Kier alpha value is -3.18. The number of nitrogens with one attached hydrogen (secondary N) is 1. The molecule has 6 nitrogen and oxygen atoms in total. The predicted octanol–water partition coefficient (Wildman–Crippen LogP) is 4.51. The minimum atomic E-state index is -1.69. The van der Waals surface area contributed by atoms with Gasteiger partial charge in [0.1, 0.15) is 19.5 Å². The van der Waals surface area contributed by atoms with E-state index in [4.69, 9.17) is 4.74 Å². The number of amides is 2. The Morgan fingerprint density at radius 2 is 1.85 bits per heavy atom. The van der Waals surface area contributed by atoms with Gasteiger partial charge in [-0.3, -0.25) is 9.59 Å². The van der Waals surface area contributed by atoms with Crippen molar-refractivity contribution in [3.05, 3.63) is 52.8 Å². The van der Waals surface area contributed by atoms with Gasteiger partial charge in [0.05, 0.1) is 12.7 Å². The van der Waals surface area contributed by atoms with Gasteiger partial charge in [-0.25, -0.2) is 4.39 Å². The van der Waals surface area contributed by atoms with Crippen molar-refractivity contribution in [2.45, 2.75) is 45.8 Å². The maximum atomic E-state index is 13.4. The van der Waals surface area contributed by atoms with E-state index in [1.54, 1.807) is 6.07 Å². The number of benzene rings is 1. The van der Waals surface area contributed by atoms with E-state index < -0.39 is 8.07 Å². The number of nitrogens with zero attached hydrogens (tertiary/aromatic N) is 2. The first-order valence-corrected chi connectivity index (χ1v) is 15.0. The Balaban J connectivity index is 1.79. The minimum Gasteiger partial charge on any atom is -0.480 e. The lowest BCUT2D eigenvalue weighted by Crippen LogP contribution is -2.39. The lowest BCUT2D eigenvalue weighted by Gasteiger charge is -2.32. The summed E-state index contributed by atoms with van der Waals surface area (Å²) in [6, 6.07) is 8.30. The first-order valence-electron chi connectivity index (χ1n) is 11.5. The van der Waals surface area contributed by atoms with Crippen LogP contribution in [-0.4, -0.2) is 50.0 Å². The SMILES string of the molecule is COc1nc(NC(C)=O)c(C#C[Si](C)(C)C)cc1C(=O)N1CCC(Cc2ccc(F)cc2)CC1. The summed E-state index contributed by atoms with van der Waals surface area (Å²) in [5.41, 5.74) is 5.23. The molecule has 1 fully saturated rings. The molecule has 0 spiro atoms.